The van der Waals surface area contributed by atoms with Gasteiger partial charge in [0.05, 0.1) is 0 Å². The SMILES string of the molecule is CCCC(C)[C@H]1C(CC)C2C3[C@@H](N)[C@]231. The smallest absolute Gasteiger partial charge is 0.0142 e. The van der Waals surface area contributed by atoms with Gasteiger partial charge >= 0.3 is 0 Å². The van der Waals surface area contributed by atoms with Crippen molar-refractivity contribution in [1.82, 2.24) is 0 Å². The van der Waals surface area contributed by atoms with Gasteiger partial charge in [0.15, 0.2) is 0 Å². The van der Waals surface area contributed by atoms with Crippen LogP contribution in [-0.4, -0.2) is 6.04 Å². The summed E-state index contributed by atoms with van der Waals surface area (Å²) in [6.07, 6.45) is 4.15. The molecule has 0 bridgehead atoms. The van der Waals surface area contributed by atoms with Crippen LogP contribution in [0.5, 0.6) is 0 Å². The van der Waals surface area contributed by atoms with Crippen LogP contribution < -0.4 is 5.73 Å². The monoisotopic (exact) mass is 193 g/mol. The molecule has 1 spiro atoms. The Morgan fingerprint density at radius 2 is 2.00 bits per heavy atom. The molecule has 14 heavy (non-hydrogen) atoms. The zero-order valence-electron chi connectivity index (χ0n) is 9.66. The number of fused-ring (bicyclic) bond motifs is 1. The number of hydrogen-bond donors (Lipinski definition) is 1. The molecule has 3 rings (SSSR count). The van der Waals surface area contributed by atoms with E-state index in [0.717, 1.165) is 29.6 Å². The van der Waals surface area contributed by atoms with Gasteiger partial charge in [-0.3, -0.25) is 0 Å². The summed E-state index contributed by atoms with van der Waals surface area (Å²) in [5.74, 6) is 5.02. The van der Waals surface area contributed by atoms with E-state index < -0.39 is 0 Å². The van der Waals surface area contributed by atoms with Gasteiger partial charge in [0, 0.05) is 6.04 Å². The van der Waals surface area contributed by atoms with E-state index in [4.69, 9.17) is 5.73 Å². The zero-order chi connectivity index (χ0) is 10.1. The van der Waals surface area contributed by atoms with Crippen LogP contribution in [0.1, 0.15) is 40.0 Å². The van der Waals surface area contributed by atoms with Crippen LogP contribution in [0, 0.1) is 35.0 Å². The lowest BCUT2D eigenvalue weighted by atomic mass is 9.57. The molecule has 0 radical (unpaired) electrons. The van der Waals surface area contributed by atoms with Crippen molar-refractivity contribution in [3.63, 3.8) is 0 Å². The second-order valence-electron chi connectivity index (χ2n) is 5.94. The molecule has 80 valence electrons. The Morgan fingerprint density at radius 1 is 1.29 bits per heavy atom. The summed E-state index contributed by atoms with van der Waals surface area (Å²) in [6, 6.07) is 0.611. The molecular formula is C13H23N. The highest BCUT2D eigenvalue weighted by atomic mass is 15.1. The number of hydrogen-bond acceptors (Lipinski definition) is 1. The van der Waals surface area contributed by atoms with E-state index in [1.165, 1.54) is 19.3 Å². The minimum absolute atomic E-state index is 0.611. The van der Waals surface area contributed by atoms with Crippen LogP contribution in [0.25, 0.3) is 0 Å². The van der Waals surface area contributed by atoms with E-state index in [0.29, 0.717) is 11.5 Å². The van der Waals surface area contributed by atoms with Gasteiger partial charge in [0.2, 0.25) is 0 Å². The average Bonchev–Trinajstić information content (AvgIpc) is 2.92. The Kier molecular flexibility index (Phi) is 1.68. The van der Waals surface area contributed by atoms with Gasteiger partial charge in [0.25, 0.3) is 0 Å². The van der Waals surface area contributed by atoms with Crippen molar-refractivity contribution in [2.75, 3.05) is 0 Å². The minimum Gasteiger partial charge on any atom is -0.327 e. The molecular weight excluding hydrogens is 170 g/mol. The lowest BCUT2D eigenvalue weighted by Gasteiger charge is -2.48. The summed E-state index contributed by atoms with van der Waals surface area (Å²) in [4.78, 5) is 0. The first kappa shape index (κ1) is 9.21. The number of nitrogens with two attached hydrogens (primary N) is 1. The first-order valence-electron chi connectivity index (χ1n) is 6.46. The molecule has 0 amide bonds. The van der Waals surface area contributed by atoms with Crippen molar-refractivity contribution in [3.05, 3.63) is 0 Å². The Morgan fingerprint density at radius 3 is 2.50 bits per heavy atom. The summed E-state index contributed by atoms with van der Waals surface area (Å²) < 4.78 is 0. The van der Waals surface area contributed by atoms with Gasteiger partial charge in [-0.15, -0.1) is 0 Å². The first-order chi connectivity index (χ1) is 6.71. The molecule has 3 fully saturated rings. The molecule has 0 aromatic carbocycles. The molecule has 2 N–H and O–H groups in total. The Bertz CT molecular complexity index is 262. The highest BCUT2D eigenvalue weighted by Gasteiger charge is 2.95. The summed E-state index contributed by atoms with van der Waals surface area (Å²) in [5.41, 5.74) is 6.84. The predicted octanol–water partition coefficient (Wildman–Crippen LogP) is 2.65. The maximum absolute atomic E-state index is 6.13. The molecule has 1 heteroatoms. The molecule has 4 unspecified atom stereocenters. The summed E-state index contributed by atoms with van der Waals surface area (Å²) >= 11 is 0. The zero-order valence-corrected chi connectivity index (χ0v) is 9.66. The molecule has 0 aliphatic heterocycles. The maximum Gasteiger partial charge on any atom is 0.0142 e. The van der Waals surface area contributed by atoms with Gasteiger partial charge in [-0.25, -0.2) is 0 Å². The van der Waals surface area contributed by atoms with E-state index >= 15 is 0 Å². The second kappa shape index (κ2) is 2.55. The highest BCUT2D eigenvalue weighted by Crippen LogP contribution is 2.94. The first-order valence-corrected chi connectivity index (χ1v) is 6.46. The summed E-state index contributed by atoms with van der Waals surface area (Å²) in [6.45, 7) is 7.14. The van der Waals surface area contributed by atoms with E-state index in [9.17, 15) is 0 Å². The van der Waals surface area contributed by atoms with Crippen molar-refractivity contribution < 1.29 is 0 Å². The maximum atomic E-state index is 6.13. The fourth-order valence-electron chi connectivity index (χ4n) is 5.13. The van der Waals surface area contributed by atoms with Crippen molar-refractivity contribution in [1.29, 1.82) is 0 Å². The minimum atomic E-state index is 0.611. The molecule has 1 nitrogen and oxygen atoms in total. The largest absolute Gasteiger partial charge is 0.327 e. The lowest BCUT2D eigenvalue weighted by molar-refractivity contribution is 0.00519. The van der Waals surface area contributed by atoms with Crippen LogP contribution in [0.2, 0.25) is 0 Å². The molecule has 3 aliphatic rings. The average molecular weight is 193 g/mol. The van der Waals surface area contributed by atoms with E-state index in [2.05, 4.69) is 20.8 Å². The van der Waals surface area contributed by atoms with Gasteiger partial charge < -0.3 is 5.73 Å². The van der Waals surface area contributed by atoms with Crippen molar-refractivity contribution >= 4 is 0 Å². The number of rotatable bonds is 4. The standard InChI is InChI=1S/C13H23N/c1-4-6-7(3)9-8(5-2)10-11-12(14)13(9,10)11/h7-12H,4-6,14H2,1-3H3/t7?,8?,9-,10?,11?,12+,13+/m0/s1. The van der Waals surface area contributed by atoms with Crippen LogP contribution in [0.3, 0.4) is 0 Å². The quantitative estimate of drug-likeness (QED) is 0.730. The molecule has 3 aliphatic carbocycles. The van der Waals surface area contributed by atoms with Crippen molar-refractivity contribution in [2.45, 2.75) is 46.1 Å². The lowest BCUT2D eigenvalue weighted by Crippen LogP contribution is -2.48. The molecule has 3 saturated carbocycles. The summed E-state index contributed by atoms with van der Waals surface area (Å²) in [7, 11) is 0. The van der Waals surface area contributed by atoms with E-state index in [-0.39, 0.29) is 0 Å². The van der Waals surface area contributed by atoms with Gasteiger partial charge in [-0.1, -0.05) is 40.0 Å². The van der Waals surface area contributed by atoms with Crippen LogP contribution in [0.4, 0.5) is 0 Å². The Balaban J connectivity index is 1.72. The van der Waals surface area contributed by atoms with Crippen molar-refractivity contribution in [3.8, 4) is 0 Å². The molecule has 0 aromatic heterocycles. The van der Waals surface area contributed by atoms with Crippen LogP contribution >= 0.6 is 0 Å². The van der Waals surface area contributed by atoms with Crippen LogP contribution in [-0.2, 0) is 0 Å². The molecule has 0 aromatic rings. The van der Waals surface area contributed by atoms with Gasteiger partial charge in [0.1, 0.15) is 0 Å². The molecule has 7 atom stereocenters. The second-order valence-corrected chi connectivity index (χ2v) is 5.94. The molecule has 0 heterocycles. The normalized spacial score (nSPS) is 59.6. The Labute approximate surface area is 87.4 Å². The highest BCUT2D eigenvalue weighted by molar-refractivity contribution is 5.45. The van der Waals surface area contributed by atoms with Crippen LogP contribution in [0.15, 0.2) is 0 Å². The topological polar surface area (TPSA) is 26.0 Å². The van der Waals surface area contributed by atoms with Gasteiger partial charge in [-0.2, -0.15) is 0 Å². The third-order valence-electron chi connectivity index (χ3n) is 5.62. The third-order valence-corrected chi connectivity index (χ3v) is 5.62. The van der Waals surface area contributed by atoms with Crippen molar-refractivity contribution in [2.24, 2.45) is 40.7 Å². The van der Waals surface area contributed by atoms with E-state index in [1.807, 2.05) is 0 Å². The van der Waals surface area contributed by atoms with E-state index in [1.54, 1.807) is 0 Å². The Hall–Kier alpha value is -0.0400. The predicted molar refractivity (Wildman–Crippen MR) is 58.7 cm³/mol. The van der Waals surface area contributed by atoms with Gasteiger partial charge in [-0.05, 0) is 35.0 Å². The fraction of sp³-hybridized carbons (Fsp3) is 1.00. The molecule has 0 saturated heterocycles. The third kappa shape index (κ3) is 0.711. The fourth-order valence-corrected chi connectivity index (χ4v) is 5.13. The summed E-state index contributed by atoms with van der Waals surface area (Å²) in [5, 5.41) is 0.